The number of ether oxygens (including phenoxy) is 2. The molecule has 0 N–H and O–H groups in total. The quantitative estimate of drug-likeness (QED) is 0.108. The van der Waals surface area contributed by atoms with Crippen LogP contribution in [0.15, 0.2) is 24.5 Å². The molecule has 1 aromatic carbocycles. The second-order valence-electron chi connectivity index (χ2n) is 12.4. The zero-order valence-electron chi connectivity index (χ0n) is 28.0. The van der Waals surface area contributed by atoms with Crippen LogP contribution in [-0.2, 0) is 14.1 Å². The van der Waals surface area contributed by atoms with E-state index < -0.39 is 0 Å². The fourth-order valence-electron chi connectivity index (χ4n) is 5.85. The first-order valence-electron chi connectivity index (χ1n) is 16.6. The van der Waals surface area contributed by atoms with Gasteiger partial charge >= 0.3 is 0 Å². The molecule has 0 fully saturated rings. The maximum atomic E-state index is 6.91. The molecule has 4 heterocycles. The molecule has 0 aliphatic carbocycles. The first-order chi connectivity index (χ1) is 21.3. The molecular weight excluding hydrogens is 585 g/mol. The normalized spacial score (nSPS) is 13.3. The topological polar surface area (TPSA) is 54.1 Å². The third kappa shape index (κ3) is 6.57. The van der Waals surface area contributed by atoms with Crippen molar-refractivity contribution in [1.82, 2.24) is 19.1 Å². The van der Waals surface area contributed by atoms with Crippen LogP contribution in [0.2, 0.25) is 0 Å². The molecule has 0 saturated heterocycles. The van der Waals surface area contributed by atoms with E-state index in [-0.39, 0.29) is 0 Å². The van der Waals surface area contributed by atoms with E-state index in [1.54, 1.807) is 22.7 Å². The van der Waals surface area contributed by atoms with Crippen molar-refractivity contribution in [2.45, 2.75) is 92.9 Å². The Bertz CT molecular complexity index is 1510. The van der Waals surface area contributed by atoms with Crippen LogP contribution in [0.4, 0.5) is 0 Å². The number of aromatic nitrogens is 4. The number of fused-ring (bicyclic) bond motifs is 2. The Morgan fingerprint density at radius 1 is 0.682 bits per heavy atom. The Morgan fingerprint density at radius 2 is 1.09 bits per heavy atom. The minimum absolute atomic E-state index is 0.534. The van der Waals surface area contributed by atoms with Crippen molar-refractivity contribution in [3.63, 3.8) is 0 Å². The predicted octanol–water partition coefficient (Wildman–Crippen LogP) is 10.7. The summed E-state index contributed by atoms with van der Waals surface area (Å²) in [6, 6.07) is 4.57. The first-order valence-corrected chi connectivity index (χ1v) is 18.2. The number of hydrogen-bond acceptors (Lipinski definition) is 6. The van der Waals surface area contributed by atoms with Gasteiger partial charge in [-0.05, 0) is 50.7 Å². The molecule has 0 spiro atoms. The highest BCUT2D eigenvalue weighted by atomic mass is 32.1. The van der Waals surface area contributed by atoms with E-state index >= 15 is 0 Å². The van der Waals surface area contributed by atoms with Crippen LogP contribution in [0, 0.1) is 25.7 Å². The molecule has 0 radical (unpaired) electrons. The van der Waals surface area contributed by atoms with E-state index in [0.717, 1.165) is 90.5 Å². The summed E-state index contributed by atoms with van der Waals surface area (Å²) in [5, 5.41) is 2.26. The molecule has 8 heteroatoms. The molecule has 4 aromatic heterocycles. The lowest BCUT2D eigenvalue weighted by Crippen LogP contribution is -2.12. The first kappa shape index (κ1) is 32.6. The summed E-state index contributed by atoms with van der Waals surface area (Å²) in [5.41, 5.74) is 2.29. The van der Waals surface area contributed by atoms with Gasteiger partial charge < -0.3 is 18.6 Å². The Kier molecular flexibility index (Phi) is 10.7. The van der Waals surface area contributed by atoms with Crippen molar-refractivity contribution in [3.8, 4) is 32.9 Å². The van der Waals surface area contributed by atoms with Crippen molar-refractivity contribution >= 4 is 42.8 Å². The highest BCUT2D eigenvalue weighted by Crippen LogP contribution is 2.52. The summed E-state index contributed by atoms with van der Waals surface area (Å²) in [7, 11) is 4.19. The highest BCUT2D eigenvalue weighted by molar-refractivity contribution is 7.24. The van der Waals surface area contributed by atoms with Gasteiger partial charge in [-0.2, -0.15) is 0 Å². The molecule has 0 saturated carbocycles. The van der Waals surface area contributed by atoms with E-state index in [9.17, 15) is 0 Å². The van der Waals surface area contributed by atoms with Crippen LogP contribution in [0.3, 0.4) is 0 Å². The van der Waals surface area contributed by atoms with Gasteiger partial charge in [0.2, 0.25) is 0 Å². The summed E-state index contributed by atoms with van der Waals surface area (Å²) in [5.74, 6) is 4.99. The molecule has 5 rings (SSSR count). The summed E-state index contributed by atoms with van der Waals surface area (Å²) in [6.45, 7) is 14.8. The van der Waals surface area contributed by atoms with Gasteiger partial charge in [-0.3, -0.25) is 0 Å². The Morgan fingerprint density at radius 3 is 1.41 bits per heavy atom. The fraction of sp³-hybridized carbons (Fsp3) is 0.556. The Hall–Kier alpha value is -2.84. The third-order valence-corrected chi connectivity index (χ3v) is 11.5. The maximum absolute atomic E-state index is 6.91. The smallest absolute Gasteiger partial charge is 0.149 e. The van der Waals surface area contributed by atoms with Gasteiger partial charge in [0.1, 0.15) is 23.1 Å². The number of hydrogen-bond donors (Lipinski definition) is 0. The van der Waals surface area contributed by atoms with Crippen molar-refractivity contribution in [2.24, 2.45) is 25.9 Å². The van der Waals surface area contributed by atoms with E-state index in [0.29, 0.717) is 11.8 Å². The van der Waals surface area contributed by atoms with Crippen LogP contribution in [0.5, 0.6) is 11.5 Å². The van der Waals surface area contributed by atoms with Crippen molar-refractivity contribution in [2.75, 3.05) is 13.2 Å². The third-order valence-electron chi connectivity index (χ3n) is 9.26. The van der Waals surface area contributed by atoms with Gasteiger partial charge in [-0.15, -0.1) is 22.7 Å². The number of imidazole rings is 2. The average molecular weight is 635 g/mol. The lowest BCUT2D eigenvalue weighted by atomic mass is 10.0. The Labute approximate surface area is 271 Å². The summed E-state index contributed by atoms with van der Waals surface area (Å²) in [6.07, 6.45) is 13.4. The van der Waals surface area contributed by atoms with Gasteiger partial charge in [0, 0.05) is 48.6 Å². The fourth-order valence-corrected chi connectivity index (χ4v) is 8.26. The number of thiophene rings is 2. The molecule has 5 aromatic rings. The Balaban J connectivity index is 1.70. The minimum Gasteiger partial charge on any atom is -0.491 e. The van der Waals surface area contributed by atoms with Gasteiger partial charge in [0.15, 0.2) is 0 Å². The highest BCUT2D eigenvalue weighted by Gasteiger charge is 2.25. The second-order valence-corrected chi connectivity index (χ2v) is 14.5. The van der Waals surface area contributed by atoms with Gasteiger partial charge in [0.05, 0.1) is 32.4 Å². The monoisotopic (exact) mass is 634 g/mol. The van der Waals surface area contributed by atoms with E-state index in [1.165, 1.54) is 38.5 Å². The molecule has 0 aliphatic rings. The lowest BCUT2D eigenvalue weighted by molar-refractivity contribution is 0.235. The van der Waals surface area contributed by atoms with Crippen molar-refractivity contribution < 1.29 is 9.47 Å². The number of aryl methyl sites for hydroxylation is 2. The van der Waals surface area contributed by atoms with Crippen molar-refractivity contribution in [1.29, 1.82) is 0 Å². The number of nitrogens with zero attached hydrogens (tertiary/aromatic N) is 4. The van der Waals surface area contributed by atoms with Gasteiger partial charge in [0.25, 0.3) is 0 Å². The second kappa shape index (κ2) is 14.5. The summed E-state index contributed by atoms with van der Waals surface area (Å²) in [4.78, 5) is 11.9. The SMILES string of the molecule is CCCCC(CC)COc1c2cc(-c3ncc(C)n3C)sc2c(OCC(CC)CCCC)c2cc(-c3ncc(C)n3C)sc12. The zero-order chi connectivity index (χ0) is 31.4. The summed E-state index contributed by atoms with van der Waals surface area (Å²) < 4.78 is 20.5. The van der Waals surface area contributed by atoms with E-state index in [1.807, 2.05) is 12.4 Å². The lowest BCUT2D eigenvalue weighted by Gasteiger charge is -2.19. The molecule has 2 unspecified atom stereocenters. The largest absolute Gasteiger partial charge is 0.491 e. The molecule has 6 nitrogen and oxygen atoms in total. The zero-order valence-corrected chi connectivity index (χ0v) is 29.6. The molecule has 2 atom stereocenters. The predicted molar refractivity (Wildman–Crippen MR) is 189 cm³/mol. The van der Waals surface area contributed by atoms with Crippen LogP contribution >= 0.6 is 22.7 Å². The number of rotatable bonds is 16. The van der Waals surface area contributed by atoms with Gasteiger partial charge in [-0.25, -0.2) is 9.97 Å². The van der Waals surface area contributed by atoms with Crippen LogP contribution in [0.1, 0.15) is 90.4 Å². The summed E-state index contributed by atoms with van der Waals surface area (Å²) >= 11 is 3.54. The van der Waals surface area contributed by atoms with Crippen molar-refractivity contribution in [3.05, 3.63) is 35.9 Å². The molecule has 0 aliphatic heterocycles. The van der Waals surface area contributed by atoms with Crippen LogP contribution in [-0.4, -0.2) is 32.3 Å². The minimum atomic E-state index is 0.534. The number of unbranched alkanes of at least 4 members (excludes halogenated alkanes) is 2. The number of benzene rings is 1. The molecule has 44 heavy (non-hydrogen) atoms. The van der Waals surface area contributed by atoms with Crippen LogP contribution < -0.4 is 9.47 Å². The van der Waals surface area contributed by atoms with Gasteiger partial charge in [-0.1, -0.05) is 66.2 Å². The molecule has 0 bridgehead atoms. The molecular formula is C36H50N4O2S2. The maximum Gasteiger partial charge on any atom is 0.149 e. The molecule has 238 valence electrons. The standard InChI is InChI=1S/C36H50N4O2S2/c1-9-13-15-25(11-3)21-41-31-27-17-29(35-37-19-23(5)39(35)7)44-34(27)32(42-22-26(12-4)16-14-10-2)28-18-30(43-33(28)31)36-38-20-24(6)40(36)8/h17-20,25-26H,9-16,21-22H2,1-8H3. The van der Waals surface area contributed by atoms with E-state index in [4.69, 9.17) is 19.4 Å². The van der Waals surface area contributed by atoms with E-state index in [2.05, 4.69) is 76.9 Å². The molecule has 0 amide bonds. The van der Waals surface area contributed by atoms with Crippen LogP contribution in [0.25, 0.3) is 41.6 Å². The average Bonchev–Trinajstić information content (AvgIpc) is 3.80.